The van der Waals surface area contributed by atoms with E-state index in [9.17, 15) is 4.79 Å². The van der Waals surface area contributed by atoms with Crippen molar-refractivity contribution in [1.82, 2.24) is 4.90 Å². The van der Waals surface area contributed by atoms with Crippen LogP contribution in [0.1, 0.15) is 35.2 Å². The molecule has 30 heavy (non-hydrogen) atoms. The highest BCUT2D eigenvalue weighted by atomic mass is 16.5. The number of nitrogens with zero attached hydrogens (tertiary/aromatic N) is 1. The summed E-state index contributed by atoms with van der Waals surface area (Å²) in [4.78, 5) is 13.6. The number of carboxylic acid groups (broad SMARTS) is 1. The summed E-state index contributed by atoms with van der Waals surface area (Å²) in [6.45, 7) is 3.60. The van der Waals surface area contributed by atoms with Crippen LogP contribution in [0.25, 0.3) is 16.8 Å². The lowest BCUT2D eigenvalue weighted by atomic mass is 10.1. The zero-order chi connectivity index (χ0) is 20.8. The fourth-order valence-corrected chi connectivity index (χ4v) is 3.99. The maximum atomic E-state index is 11.1. The van der Waals surface area contributed by atoms with E-state index in [0.29, 0.717) is 12.2 Å². The summed E-state index contributed by atoms with van der Waals surface area (Å²) in [5, 5.41) is 11.4. The van der Waals surface area contributed by atoms with Crippen LogP contribution < -0.4 is 4.74 Å². The Bertz CT molecular complexity index is 1030. The third kappa shape index (κ3) is 5.08. The van der Waals surface area contributed by atoms with Crippen LogP contribution in [0.2, 0.25) is 0 Å². The van der Waals surface area contributed by atoms with Crippen LogP contribution in [0.3, 0.4) is 0 Å². The molecule has 154 valence electrons. The molecule has 0 bridgehead atoms. The van der Waals surface area contributed by atoms with E-state index in [1.54, 1.807) is 12.1 Å². The number of carbonyl (C=O) groups is 1. The molecule has 0 radical (unpaired) electrons. The van der Waals surface area contributed by atoms with Crippen molar-refractivity contribution in [2.45, 2.75) is 19.3 Å². The summed E-state index contributed by atoms with van der Waals surface area (Å²) in [7, 11) is 0. The summed E-state index contributed by atoms with van der Waals surface area (Å²) in [5.41, 5.74) is 2.48. The van der Waals surface area contributed by atoms with Gasteiger partial charge in [-0.1, -0.05) is 61.0 Å². The van der Waals surface area contributed by atoms with Gasteiger partial charge in [0.05, 0.1) is 5.56 Å². The molecule has 4 heteroatoms. The Kier molecular flexibility index (Phi) is 6.45. The second-order valence-corrected chi connectivity index (χ2v) is 7.83. The molecule has 0 saturated carbocycles. The molecular weight excluding hydrogens is 374 g/mol. The average Bonchev–Trinajstić information content (AvgIpc) is 2.78. The largest absolute Gasteiger partial charge is 0.489 e. The molecule has 0 unspecified atom stereocenters. The van der Waals surface area contributed by atoms with Crippen molar-refractivity contribution < 1.29 is 14.6 Å². The number of hydrogen-bond donors (Lipinski definition) is 1. The number of ether oxygens (including phenoxy) is 1. The summed E-state index contributed by atoms with van der Waals surface area (Å²) < 4.78 is 6.27. The Hall–Kier alpha value is -3.11. The van der Waals surface area contributed by atoms with Gasteiger partial charge in [-0.3, -0.25) is 4.90 Å². The van der Waals surface area contributed by atoms with E-state index < -0.39 is 5.97 Å². The molecule has 1 N–H and O–H groups in total. The van der Waals surface area contributed by atoms with Crippen LogP contribution in [0, 0.1) is 0 Å². The minimum Gasteiger partial charge on any atom is -0.489 e. The standard InChI is InChI=1S/C26H27NO3/c28-26(29)23-13-11-20(12-14-23)17-21(18-27-15-4-1-5-16-27)19-30-25-10-6-8-22-7-2-3-9-24(22)25/h2-3,6-14,17H,1,4-5,15-16,18-19H2,(H,28,29)/b21-17-. The Morgan fingerprint density at radius 1 is 0.933 bits per heavy atom. The fourth-order valence-electron chi connectivity index (χ4n) is 3.99. The number of hydrogen-bond acceptors (Lipinski definition) is 3. The van der Waals surface area contributed by atoms with Gasteiger partial charge in [0.15, 0.2) is 0 Å². The third-order valence-electron chi connectivity index (χ3n) is 5.57. The van der Waals surface area contributed by atoms with Gasteiger partial charge in [-0.25, -0.2) is 4.79 Å². The monoisotopic (exact) mass is 401 g/mol. The van der Waals surface area contributed by atoms with E-state index >= 15 is 0 Å². The zero-order valence-electron chi connectivity index (χ0n) is 17.1. The number of carboxylic acids is 1. The zero-order valence-corrected chi connectivity index (χ0v) is 17.1. The first kappa shape index (κ1) is 20.2. The molecule has 0 amide bonds. The molecule has 4 nitrogen and oxygen atoms in total. The second kappa shape index (κ2) is 9.59. The normalized spacial score (nSPS) is 15.3. The predicted octanol–water partition coefficient (Wildman–Crippen LogP) is 5.49. The van der Waals surface area contributed by atoms with Gasteiger partial charge >= 0.3 is 5.97 Å². The molecule has 4 rings (SSSR count). The first-order valence-corrected chi connectivity index (χ1v) is 10.5. The molecule has 1 fully saturated rings. The Labute approximate surface area is 177 Å². The van der Waals surface area contributed by atoms with E-state index in [-0.39, 0.29) is 0 Å². The average molecular weight is 402 g/mol. The molecule has 1 heterocycles. The minimum atomic E-state index is -0.904. The van der Waals surface area contributed by atoms with Crippen molar-refractivity contribution in [2.75, 3.05) is 26.2 Å². The molecule has 0 aromatic heterocycles. The van der Waals surface area contributed by atoms with E-state index in [1.807, 2.05) is 36.4 Å². The molecule has 0 atom stereocenters. The fraction of sp³-hybridized carbons (Fsp3) is 0.269. The van der Waals surface area contributed by atoms with Crippen molar-refractivity contribution in [2.24, 2.45) is 0 Å². The van der Waals surface area contributed by atoms with Gasteiger partial charge in [0.25, 0.3) is 0 Å². The van der Waals surface area contributed by atoms with Crippen LogP contribution in [0.15, 0.2) is 72.3 Å². The smallest absolute Gasteiger partial charge is 0.335 e. The SMILES string of the molecule is O=C(O)c1ccc(/C=C(\COc2cccc3ccccc23)CN2CCCCC2)cc1. The lowest BCUT2D eigenvalue weighted by molar-refractivity contribution is 0.0697. The Morgan fingerprint density at radius 2 is 1.67 bits per heavy atom. The molecule has 3 aromatic rings. The van der Waals surface area contributed by atoms with E-state index in [1.165, 1.54) is 30.2 Å². The first-order valence-electron chi connectivity index (χ1n) is 10.5. The van der Waals surface area contributed by atoms with Crippen molar-refractivity contribution in [3.8, 4) is 5.75 Å². The molecule has 0 spiro atoms. The van der Waals surface area contributed by atoms with Crippen LogP contribution in [0.5, 0.6) is 5.75 Å². The number of rotatable bonds is 7. The van der Waals surface area contributed by atoms with Crippen molar-refractivity contribution in [1.29, 1.82) is 0 Å². The molecule has 1 saturated heterocycles. The predicted molar refractivity (Wildman–Crippen MR) is 121 cm³/mol. The van der Waals surface area contributed by atoms with Crippen LogP contribution in [-0.4, -0.2) is 42.2 Å². The first-order chi connectivity index (χ1) is 14.7. The van der Waals surface area contributed by atoms with Crippen molar-refractivity contribution >= 4 is 22.8 Å². The number of likely N-dealkylation sites (tertiary alicyclic amines) is 1. The second-order valence-electron chi connectivity index (χ2n) is 7.83. The van der Waals surface area contributed by atoms with Gasteiger partial charge in [-0.2, -0.15) is 0 Å². The van der Waals surface area contributed by atoms with Gasteiger partial charge < -0.3 is 9.84 Å². The van der Waals surface area contributed by atoms with Gasteiger partial charge in [0.1, 0.15) is 12.4 Å². The number of fused-ring (bicyclic) bond motifs is 1. The molecule has 1 aliphatic heterocycles. The summed E-state index contributed by atoms with van der Waals surface area (Å²) >= 11 is 0. The summed E-state index contributed by atoms with van der Waals surface area (Å²) in [6, 6.07) is 21.4. The van der Waals surface area contributed by atoms with Gasteiger partial charge in [-0.05, 0) is 60.7 Å². The third-order valence-corrected chi connectivity index (χ3v) is 5.57. The number of aromatic carboxylic acids is 1. The maximum Gasteiger partial charge on any atom is 0.335 e. The summed E-state index contributed by atoms with van der Waals surface area (Å²) in [6.07, 6.45) is 5.92. The lowest BCUT2D eigenvalue weighted by Crippen LogP contribution is -2.32. The van der Waals surface area contributed by atoms with Crippen molar-refractivity contribution in [3.05, 3.63) is 83.4 Å². The highest BCUT2D eigenvalue weighted by molar-refractivity contribution is 5.88. The molecular formula is C26H27NO3. The highest BCUT2D eigenvalue weighted by Gasteiger charge is 2.13. The van der Waals surface area contributed by atoms with Gasteiger partial charge in [-0.15, -0.1) is 0 Å². The maximum absolute atomic E-state index is 11.1. The minimum absolute atomic E-state index is 0.303. The van der Waals surface area contributed by atoms with E-state index in [2.05, 4.69) is 29.2 Å². The van der Waals surface area contributed by atoms with Crippen LogP contribution in [-0.2, 0) is 0 Å². The molecule has 1 aliphatic rings. The number of benzene rings is 3. The number of piperidine rings is 1. The quantitative estimate of drug-likeness (QED) is 0.569. The topological polar surface area (TPSA) is 49.8 Å². The Morgan fingerprint density at radius 3 is 2.43 bits per heavy atom. The van der Waals surface area contributed by atoms with E-state index in [0.717, 1.165) is 36.3 Å². The Balaban J connectivity index is 1.55. The highest BCUT2D eigenvalue weighted by Crippen LogP contribution is 2.26. The molecule has 3 aromatic carbocycles. The molecule has 0 aliphatic carbocycles. The van der Waals surface area contributed by atoms with Crippen molar-refractivity contribution in [3.63, 3.8) is 0 Å². The van der Waals surface area contributed by atoms with Gasteiger partial charge in [0.2, 0.25) is 0 Å². The lowest BCUT2D eigenvalue weighted by Gasteiger charge is -2.27. The van der Waals surface area contributed by atoms with Gasteiger partial charge in [0, 0.05) is 11.9 Å². The summed E-state index contributed by atoms with van der Waals surface area (Å²) in [5.74, 6) is -0.0165. The van der Waals surface area contributed by atoms with E-state index in [4.69, 9.17) is 9.84 Å². The van der Waals surface area contributed by atoms with Crippen LogP contribution in [0.4, 0.5) is 0 Å². The van der Waals surface area contributed by atoms with Crippen LogP contribution >= 0.6 is 0 Å².